The predicted octanol–water partition coefficient (Wildman–Crippen LogP) is 3.51. The van der Waals surface area contributed by atoms with Crippen LogP contribution in [0.1, 0.15) is 36.1 Å². The Morgan fingerprint density at radius 3 is 2.83 bits per heavy atom. The fourth-order valence-corrected chi connectivity index (χ4v) is 4.21. The number of thiophene rings is 1. The first-order valence-electron chi connectivity index (χ1n) is 8.51. The van der Waals surface area contributed by atoms with Gasteiger partial charge in [0, 0.05) is 42.8 Å². The van der Waals surface area contributed by atoms with Crippen molar-refractivity contribution in [1.82, 2.24) is 14.5 Å². The van der Waals surface area contributed by atoms with Crippen molar-refractivity contribution in [2.45, 2.75) is 45.6 Å². The molecule has 4 nitrogen and oxygen atoms in total. The summed E-state index contributed by atoms with van der Waals surface area (Å²) in [5.74, 6) is 0.421. The van der Waals surface area contributed by atoms with Crippen LogP contribution < -0.4 is 0 Å². The molecule has 0 spiro atoms. The maximum Gasteiger partial charge on any atom is 0.226 e. The quantitative estimate of drug-likeness (QED) is 0.812. The van der Waals surface area contributed by atoms with E-state index < -0.39 is 0 Å². The third-order valence-corrected chi connectivity index (χ3v) is 5.62. The van der Waals surface area contributed by atoms with Crippen LogP contribution in [0, 0.1) is 12.8 Å². The third-order valence-electron chi connectivity index (χ3n) is 4.54. The monoisotopic (exact) mass is 331 g/mol. The highest BCUT2D eigenvalue weighted by Crippen LogP contribution is 2.23. The van der Waals surface area contributed by atoms with E-state index in [1.54, 1.807) is 17.5 Å². The molecule has 2 aromatic heterocycles. The van der Waals surface area contributed by atoms with Crippen LogP contribution in [0.3, 0.4) is 0 Å². The highest BCUT2D eigenvalue weighted by Gasteiger charge is 2.26. The van der Waals surface area contributed by atoms with Gasteiger partial charge in [0.25, 0.3) is 0 Å². The molecule has 0 aromatic carbocycles. The molecular weight excluding hydrogens is 306 g/mol. The lowest BCUT2D eigenvalue weighted by molar-refractivity contribution is -0.136. The number of aromatic nitrogens is 2. The Kier molecular flexibility index (Phi) is 5.49. The van der Waals surface area contributed by atoms with E-state index in [2.05, 4.69) is 32.8 Å². The zero-order valence-electron chi connectivity index (χ0n) is 13.8. The number of aryl methyl sites for hydroxylation is 2. The third kappa shape index (κ3) is 4.44. The molecule has 1 unspecified atom stereocenters. The summed E-state index contributed by atoms with van der Waals surface area (Å²) in [4.78, 5) is 20.5. The molecule has 0 radical (unpaired) electrons. The van der Waals surface area contributed by atoms with Crippen molar-refractivity contribution < 1.29 is 4.79 Å². The number of amides is 1. The van der Waals surface area contributed by atoms with Gasteiger partial charge in [-0.15, -0.1) is 11.3 Å². The number of rotatable bonds is 6. The molecule has 2 aromatic rings. The molecule has 5 heteroatoms. The van der Waals surface area contributed by atoms with E-state index in [0.717, 1.165) is 45.3 Å². The molecule has 1 fully saturated rings. The summed E-state index contributed by atoms with van der Waals surface area (Å²) in [6, 6.07) is 2.22. The molecule has 3 rings (SSSR count). The zero-order chi connectivity index (χ0) is 16.1. The van der Waals surface area contributed by atoms with Gasteiger partial charge in [-0.05, 0) is 56.0 Å². The average Bonchev–Trinajstić information content (AvgIpc) is 3.23. The fraction of sp³-hybridized carbons (Fsp3) is 0.556. The first-order chi connectivity index (χ1) is 11.2. The second-order valence-electron chi connectivity index (χ2n) is 6.47. The molecule has 124 valence electrons. The highest BCUT2D eigenvalue weighted by molar-refractivity contribution is 7.10. The van der Waals surface area contributed by atoms with Crippen molar-refractivity contribution >= 4 is 17.2 Å². The Morgan fingerprint density at radius 2 is 2.17 bits per heavy atom. The van der Waals surface area contributed by atoms with Crippen LogP contribution in [0.2, 0.25) is 0 Å². The minimum Gasteiger partial charge on any atom is -0.342 e. The number of carbonyl (C=O) groups is 1. The number of likely N-dealkylation sites (tertiary alicyclic amines) is 1. The second kappa shape index (κ2) is 7.77. The lowest BCUT2D eigenvalue weighted by Gasteiger charge is -2.30. The Labute approximate surface area is 142 Å². The van der Waals surface area contributed by atoms with Gasteiger partial charge in [-0.3, -0.25) is 4.79 Å². The van der Waals surface area contributed by atoms with E-state index >= 15 is 0 Å². The lowest BCUT2D eigenvalue weighted by atomic mass is 9.97. The standard InChI is InChI=1S/C18H25N3OS/c1-15-11-17(23-13-15)12-16(5-9-20-10-6-19-14-20)18(22)21-7-3-2-4-8-21/h6,10-11,13-14,16H,2-5,7-9,12H2,1H3. The van der Waals surface area contributed by atoms with Crippen molar-refractivity contribution in [2.75, 3.05) is 13.1 Å². The lowest BCUT2D eigenvalue weighted by Crippen LogP contribution is -2.40. The first-order valence-corrected chi connectivity index (χ1v) is 9.39. The number of piperidine rings is 1. The van der Waals surface area contributed by atoms with Gasteiger partial charge in [-0.2, -0.15) is 0 Å². The van der Waals surface area contributed by atoms with Crippen molar-refractivity contribution in [1.29, 1.82) is 0 Å². The van der Waals surface area contributed by atoms with Gasteiger partial charge < -0.3 is 9.47 Å². The van der Waals surface area contributed by atoms with Crippen LogP contribution >= 0.6 is 11.3 Å². The summed E-state index contributed by atoms with van der Waals surface area (Å²) < 4.78 is 2.07. The Hall–Kier alpha value is -1.62. The smallest absolute Gasteiger partial charge is 0.226 e. The van der Waals surface area contributed by atoms with E-state index in [9.17, 15) is 4.79 Å². The molecule has 1 aliphatic rings. The number of nitrogens with zero attached hydrogens (tertiary/aromatic N) is 3. The molecule has 0 bridgehead atoms. The molecule has 1 atom stereocenters. The van der Waals surface area contributed by atoms with Crippen LogP contribution in [0.25, 0.3) is 0 Å². The van der Waals surface area contributed by atoms with E-state index in [0.29, 0.717) is 5.91 Å². The molecule has 23 heavy (non-hydrogen) atoms. The molecule has 1 aliphatic heterocycles. The van der Waals surface area contributed by atoms with Gasteiger partial charge in [0.1, 0.15) is 0 Å². The molecule has 0 saturated carbocycles. The Morgan fingerprint density at radius 1 is 1.35 bits per heavy atom. The second-order valence-corrected chi connectivity index (χ2v) is 7.46. The summed E-state index contributed by atoms with van der Waals surface area (Å²) in [5, 5.41) is 2.17. The van der Waals surface area contributed by atoms with E-state index in [1.165, 1.54) is 16.9 Å². The molecule has 0 aliphatic carbocycles. The minimum atomic E-state index is 0.0774. The summed E-state index contributed by atoms with van der Waals surface area (Å²) in [6.45, 7) is 4.84. The maximum atomic E-state index is 13.0. The first kappa shape index (κ1) is 16.2. The number of hydrogen-bond donors (Lipinski definition) is 0. The Bertz CT molecular complexity index is 614. The molecule has 1 amide bonds. The molecular formula is C18H25N3OS. The summed E-state index contributed by atoms with van der Waals surface area (Å²) in [6.07, 6.45) is 10.9. The summed E-state index contributed by atoms with van der Waals surface area (Å²) in [5.41, 5.74) is 1.30. The number of carbonyl (C=O) groups excluding carboxylic acids is 1. The van der Waals surface area contributed by atoms with Gasteiger partial charge >= 0.3 is 0 Å². The normalized spacial score (nSPS) is 16.5. The van der Waals surface area contributed by atoms with Gasteiger partial charge in [0.05, 0.1) is 6.33 Å². The largest absolute Gasteiger partial charge is 0.342 e. The van der Waals surface area contributed by atoms with E-state index in [-0.39, 0.29) is 5.92 Å². The highest BCUT2D eigenvalue weighted by atomic mass is 32.1. The van der Waals surface area contributed by atoms with Gasteiger partial charge in [0.2, 0.25) is 5.91 Å². The van der Waals surface area contributed by atoms with Gasteiger partial charge in [-0.25, -0.2) is 4.98 Å². The van der Waals surface area contributed by atoms with Crippen molar-refractivity contribution in [3.8, 4) is 0 Å². The minimum absolute atomic E-state index is 0.0774. The van der Waals surface area contributed by atoms with Crippen LogP contribution in [-0.2, 0) is 17.8 Å². The van der Waals surface area contributed by atoms with Crippen molar-refractivity contribution in [3.05, 3.63) is 40.6 Å². The van der Waals surface area contributed by atoms with Crippen molar-refractivity contribution in [3.63, 3.8) is 0 Å². The van der Waals surface area contributed by atoms with Gasteiger partial charge in [0.15, 0.2) is 0 Å². The number of imidazole rings is 1. The topological polar surface area (TPSA) is 38.1 Å². The Balaban J connectivity index is 1.67. The predicted molar refractivity (Wildman–Crippen MR) is 93.5 cm³/mol. The maximum absolute atomic E-state index is 13.0. The molecule has 1 saturated heterocycles. The SMILES string of the molecule is Cc1csc(CC(CCn2ccnc2)C(=O)N2CCCCC2)c1. The van der Waals surface area contributed by atoms with Crippen LogP contribution in [0.15, 0.2) is 30.2 Å². The van der Waals surface area contributed by atoms with Crippen LogP contribution in [0.5, 0.6) is 0 Å². The molecule has 0 N–H and O–H groups in total. The van der Waals surface area contributed by atoms with Gasteiger partial charge in [-0.1, -0.05) is 0 Å². The van der Waals surface area contributed by atoms with Crippen LogP contribution in [0.4, 0.5) is 0 Å². The van der Waals surface area contributed by atoms with E-state index in [1.807, 2.05) is 12.5 Å². The average molecular weight is 331 g/mol. The molecule has 3 heterocycles. The zero-order valence-corrected chi connectivity index (χ0v) is 14.6. The fourth-order valence-electron chi connectivity index (χ4n) is 3.25. The summed E-state index contributed by atoms with van der Waals surface area (Å²) in [7, 11) is 0. The number of hydrogen-bond acceptors (Lipinski definition) is 3. The van der Waals surface area contributed by atoms with Crippen molar-refractivity contribution in [2.24, 2.45) is 5.92 Å². The van der Waals surface area contributed by atoms with Crippen LogP contribution in [-0.4, -0.2) is 33.4 Å². The summed E-state index contributed by atoms with van der Waals surface area (Å²) >= 11 is 1.78. The van der Waals surface area contributed by atoms with E-state index in [4.69, 9.17) is 0 Å².